The van der Waals surface area contributed by atoms with E-state index in [0.717, 1.165) is 18.7 Å². The smallest absolute Gasteiger partial charge is 0.270 e. The highest BCUT2D eigenvalue weighted by atomic mass is 32.2. The zero-order valence-electron chi connectivity index (χ0n) is 19.7. The summed E-state index contributed by atoms with van der Waals surface area (Å²) in [5.41, 5.74) is 4.74. The molecule has 3 aromatic rings. The number of hydrogen-bond acceptors (Lipinski definition) is 5. The van der Waals surface area contributed by atoms with Gasteiger partial charge < -0.3 is 10.2 Å². The Morgan fingerprint density at radius 1 is 1.06 bits per heavy atom. The standard InChI is InChI=1S/C28H24FN3O2S2/c1-18-15-19(7-12-24(18)31-13-2-3-14-31)16-25-27(34)32(28(35)36-25)23-6-4-5-20(17-23)26(33)30-22-10-8-21(29)9-11-22/h4-12,15-17H,2-3,13-14H2,1H3,(H,30,33)/b25-16+. The summed E-state index contributed by atoms with van der Waals surface area (Å²) in [6.07, 6.45) is 4.31. The van der Waals surface area contributed by atoms with Crippen LogP contribution in [0.2, 0.25) is 0 Å². The lowest BCUT2D eigenvalue weighted by molar-refractivity contribution is -0.113. The number of amides is 2. The van der Waals surface area contributed by atoms with Gasteiger partial charge in [0.2, 0.25) is 0 Å². The number of anilines is 3. The maximum absolute atomic E-state index is 13.3. The molecule has 0 spiro atoms. The average Bonchev–Trinajstić information content (AvgIpc) is 3.49. The Balaban J connectivity index is 1.34. The molecule has 8 heteroatoms. The number of aryl methyl sites for hydroxylation is 1. The number of nitrogens with one attached hydrogen (secondary N) is 1. The molecule has 0 saturated carbocycles. The van der Waals surface area contributed by atoms with E-state index in [1.54, 1.807) is 24.3 Å². The van der Waals surface area contributed by atoms with Crippen LogP contribution in [0.25, 0.3) is 6.08 Å². The summed E-state index contributed by atoms with van der Waals surface area (Å²) < 4.78 is 13.6. The summed E-state index contributed by atoms with van der Waals surface area (Å²) in [5, 5.41) is 2.74. The third-order valence-electron chi connectivity index (χ3n) is 6.23. The summed E-state index contributed by atoms with van der Waals surface area (Å²) in [4.78, 5) is 30.4. The third kappa shape index (κ3) is 5.05. The third-order valence-corrected chi connectivity index (χ3v) is 7.53. The molecule has 0 bridgehead atoms. The molecule has 2 fully saturated rings. The number of hydrogen-bond donors (Lipinski definition) is 1. The summed E-state index contributed by atoms with van der Waals surface area (Å²) in [7, 11) is 0. The van der Waals surface area contributed by atoms with Gasteiger partial charge in [0, 0.05) is 30.0 Å². The zero-order valence-corrected chi connectivity index (χ0v) is 21.3. The molecule has 0 aliphatic carbocycles. The highest BCUT2D eigenvalue weighted by molar-refractivity contribution is 8.27. The van der Waals surface area contributed by atoms with Crippen LogP contribution in [0.15, 0.2) is 71.6 Å². The van der Waals surface area contributed by atoms with Crippen molar-refractivity contribution in [2.45, 2.75) is 19.8 Å². The first-order valence-corrected chi connectivity index (χ1v) is 12.9. The Hall–Kier alpha value is -3.49. The van der Waals surface area contributed by atoms with Gasteiger partial charge in [-0.2, -0.15) is 0 Å². The molecule has 2 aliphatic rings. The minimum atomic E-state index is -0.380. The Bertz CT molecular complexity index is 1380. The van der Waals surface area contributed by atoms with Crippen molar-refractivity contribution in [1.82, 2.24) is 0 Å². The van der Waals surface area contributed by atoms with Crippen LogP contribution >= 0.6 is 24.0 Å². The van der Waals surface area contributed by atoms with Crippen molar-refractivity contribution in [1.29, 1.82) is 0 Å². The topological polar surface area (TPSA) is 52.7 Å². The van der Waals surface area contributed by atoms with E-state index in [-0.39, 0.29) is 17.6 Å². The predicted molar refractivity (Wildman–Crippen MR) is 149 cm³/mol. The molecule has 2 heterocycles. The molecule has 182 valence electrons. The molecule has 0 aromatic heterocycles. The lowest BCUT2D eigenvalue weighted by atomic mass is 10.1. The minimum absolute atomic E-state index is 0.220. The summed E-state index contributed by atoms with van der Waals surface area (Å²) >= 11 is 6.77. The molecule has 5 rings (SSSR count). The van der Waals surface area contributed by atoms with Gasteiger partial charge in [-0.3, -0.25) is 14.5 Å². The van der Waals surface area contributed by atoms with E-state index < -0.39 is 0 Å². The first-order valence-electron chi connectivity index (χ1n) is 11.7. The van der Waals surface area contributed by atoms with Gasteiger partial charge in [-0.25, -0.2) is 4.39 Å². The van der Waals surface area contributed by atoms with E-state index in [9.17, 15) is 14.0 Å². The molecular formula is C28H24FN3O2S2. The molecule has 1 N–H and O–H groups in total. The van der Waals surface area contributed by atoms with Gasteiger partial charge in [0.25, 0.3) is 11.8 Å². The maximum Gasteiger partial charge on any atom is 0.270 e. The van der Waals surface area contributed by atoms with Gasteiger partial charge in [0.1, 0.15) is 5.82 Å². The maximum atomic E-state index is 13.3. The van der Waals surface area contributed by atoms with Crippen molar-refractivity contribution in [3.05, 3.63) is 94.1 Å². The van der Waals surface area contributed by atoms with Crippen molar-refractivity contribution in [2.24, 2.45) is 0 Å². The number of benzene rings is 3. The zero-order chi connectivity index (χ0) is 25.2. The van der Waals surface area contributed by atoms with E-state index in [2.05, 4.69) is 29.3 Å². The van der Waals surface area contributed by atoms with Crippen LogP contribution in [0.4, 0.5) is 21.5 Å². The first-order chi connectivity index (χ1) is 17.4. The molecule has 36 heavy (non-hydrogen) atoms. The molecule has 5 nitrogen and oxygen atoms in total. The Morgan fingerprint density at radius 2 is 1.81 bits per heavy atom. The summed E-state index contributed by atoms with van der Waals surface area (Å²) in [6.45, 7) is 4.26. The number of carbonyl (C=O) groups is 2. The second-order valence-corrected chi connectivity index (χ2v) is 10.4. The van der Waals surface area contributed by atoms with Gasteiger partial charge in [-0.1, -0.05) is 36.1 Å². The van der Waals surface area contributed by atoms with Crippen LogP contribution in [-0.4, -0.2) is 29.2 Å². The lowest BCUT2D eigenvalue weighted by Gasteiger charge is -2.20. The van der Waals surface area contributed by atoms with Gasteiger partial charge in [-0.15, -0.1) is 0 Å². The van der Waals surface area contributed by atoms with E-state index in [1.807, 2.05) is 12.1 Å². The fourth-order valence-corrected chi connectivity index (χ4v) is 5.74. The van der Waals surface area contributed by atoms with Crippen molar-refractivity contribution in [2.75, 3.05) is 28.2 Å². The number of thiocarbonyl (C=S) groups is 1. The molecular weight excluding hydrogens is 493 g/mol. The molecule has 2 amide bonds. The van der Waals surface area contributed by atoms with Crippen molar-refractivity contribution in [3.63, 3.8) is 0 Å². The van der Waals surface area contributed by atoms with Crippen LogP contribution in [-0.2, 0) is 4.79 Å². The molecule has 0 radical (unpaired) electrons. The SMILES string of the molecule is Cc1cc(/C=C2/SC(=S)N(c3cccc(C(=O)Nc4ccc(F)cc4)c3)C2=O)ccc1N1CCCC1. The number of halogens is 1. The second-order valence-electron chi connectivity index (χ2n) is 8.77. The van der Waals surface area contributed by atoms with Crippen LogP contribution in [0, 0.1) is 12.7 Å². The number of carbonyl (C=O) groups excluding carboxylic acids is 2. The predicted octanol–water partition coefficient (Wildman–Crippen LogP) is 6.39. The van der Waals surface area contributed by atoms with Gasteiger partial charge in [-0.05, 0) is 91.6 Å². The Kier molecular flexibility index (Phi) is 6.89. The highest BCUT2D eigenvalue weighted by Crippen LogP contribution is 2.37. The fourth-order valence-electron chi connectivity index (χ4n) is 4.45. The molecule has 0 unspecified atom stereocenters. The van der Waals surface area contributed by atoms with E-state index in [4.69, 9.17) is 12.2 Å². The largest absolute Gasteiger partial charge is 0.371 e. The lowest BCUT2D eigenvalue weighted by Crippen LogP contribution is -2.27. The quantitative estimate of drug-likeness (QED) is 0.314. The minimum Gasteiger partial charge on any atom is -0.371 e. The van der Waals surface area contributed by atoms with E-state index >= 15 is 0 Å². The van der Waals surface area contributed by atoms with Gasteiger partial charge >= 0.3 is 0 Å². The Labute approximate surface area is 219 Å². The van der Waals surface area contributed by atoms with Crippen LogP contribution in [0.5, 0.6) is 0 Å². The van der Waals surface area contributed by atoms with Gasteiger partial charge in [0.05, 0.1) is 10.6 Å². The van der Waals surface area contributed by atoms with Crippen molar-refractivity contribution >= 4 is 63.3 Å². The summed E-state index contributed by atoms with van der Waals surface area (Å²) in [5.74, 6) is -0.963. The van der Waals surface area contributed by atoms with Crippen LogP contribution in [0.1, 0.15) is 34.3 Å². The van der Waals surface area contributed by atoms with E-state index in [1.165, 1.54) is 65.0 Å². The van der Waals surface area contributed by atoms with Gasteiger partial charge in [0.15, 0.2) is 4.32 Å². The molecule has 0 atom stereocenters. The monoisotopic (exact) mass is 517 g/mol. The average molecular weight is 518 g/mol. The first kappa shape index (κ1) is 24.2. The number of rotatable bonds is 5. The number of thioether (sulfide) groups is 1. The second kappa shape index (κ2) is 10.2. The summed E-state index contributed by atoms with van der Waals surface area (Å²) in [6, 6.07) is 18.5. The van der Waals surface area contributed by atoms with Crippen LogP contribution < -0.4 is 15.1 Å². The van der Waals surface area contributed by atoms with E-state index in [0.29, 0.717) is 26.2 Å². The molecule has 2 aliphatic heterocycles. The van der Waals surface area contributed by atoms with Crippen molar-refractivity contribution < 1.29 is 14.0 Å². The normalized spacial score (nSPS) is 16.8. The van der Waals surface area contributed by atoms with Crippen molar-refractivity contribution in [3.8, 4) is 0 Å². The fraction of sp³-hybridized carbons (Fsp3) is 0.179. The number of nitrogens with zero attached hydrogens (tertiary/aromatic N) is 2. The Morgan fingerprint density at radius 3 is 2.53 bits per heavy atom. The highest BCUT2D eigenvalue weighted by Gasteiger charge is 2.33. The van der Waals surface area contributed by atoms with Crippen LogP contribution in [0.3, 0.4) is 0 Å². The molecule has 2 saturated heterocycles. The molecule has 3 aromatic carbocycles.